The molecule has 10 heteroatoms. The molecule has 0 radical (unpaired) electrons. The monoisotopic (exact) mass is 520 g/mol. The van der Waals surface area contributed by atoms with Crippen molar-refractivity contribution < 1.29 is 23.1 Å². The smallest absolute Gasteiger partial charge is 0.305 e. The summed E-state index contributed by atoms with van der Waals surface area (Å²) in [5.41, 5.74) is 4.76. The van der Waals surface area contributed by atoms with Gasteiger partial charge in [-0.3, -0.25) is 19.4 Å². The first-order valence-electron chi connectivity index (χ1n) is 12.2. The fraction of sp³-hybridized carbons (Fsp3) is 0.333. The highest BCUT2D eigenvalue weighted by Crippen LogP contribution is 2.29. The minimum Gasteiger partial charge on any atom is -0.493 e. The first-order chi connectivity index (χ1) is 17.8. The fourth-order valence-electron chi connectivity index (χ4n) is 4.74. The molecule has 1 atom stereocenters. The number of aryl methyl sites for hydroxylation is 2. The predicted octanol–water partition coefficient (Wildman–Crippen LogP) is 3.79. The zero-order chi connectivity index (χ0) is 26.0. The number of rotatable bonds is 9. The van der Waals surface area contributed by atoms with Crippen LogP contribution in [0.25, 0.3) is 10.9 Å². The number of aliphatic carboxylic acids is 1. The molecule has 0 bridgehead atoms. The third kappa shape index (κ3) is 5.64. The highest BCUT2D eigenvalue weighted by molar-refractivity contribution is 7.90. The lowest BCUT2D eigenvalue weighted by atomic mass is 9.96. The molecule has 5 rings (SSSR count). The van der Waals surface area contributed by atoms with Crippen molar-refractivity contribution in [2.45, 2.75) is 49.5 Å². The van der Waals surface area contributed by atoms with Gasteiger partial charge >= 0.3 is 5.97 Å². The molecule has 0 spiro atoms. The van der Waals surface area contributed by atoms with Gasteiger partial charge in [0.25, 0.3) is 0 Å². The van der Waals surface area contributed by atoms with Crippen molar-refractivity contribution >= 4 is 26.7 Å². The van der Waals surface area contributed by atoms with Crippen LogP contribution >= 0.6 is 0 Å². The zero-order valence-corrected chi connectivity index (χ0v) is 21.3. The number of hydrogen-bond donors (Lipinski definition) is 1. The van der Waals surface area contributed by atoms with Gasteiger partial charge in [-0.15, -0.1) is 0 Å². The molecule has 1 aliphatic carbocycles. The number of sulfone groups is 1. The first kappa shape index (κ1) is 24.9. The van der Waals surface area contributed by atoms with E-state index in [2.05, 4.69) is 22.2 Å². The number of aromatic nitrogens is 4. The summed E-state index contributed by atoms with van der Waals surface area (Å²) in [7, 11) is -3.50. The van der Waals surface area contributed by atoms with Crippen LogP contribution in [-0.2, 0) is 33.9 Å². The summed E-state index contributed by atoms with van der Waals surface area (Å²) >= 11 is 0. The van der Waals surface area contributed by atoms with Gasteiger partial charge in [0.05, 0.1) is 35.7 Å². The Kier molecular flexibility index (Phi) is 6.92. The van der Waals surface area contributed by atoms with Crippen LogP contribution in [0.2, 0.25) is 0 Å². The number of ether oxygens (including phenoxy) is 1. The second kappa shape index (κ2) is 10.3. The summed E-state index contributed by atoms with van der Waals surface area (Å²) in [6.45, 7) is 0.483. The number of hydrogen-bond acceptors (Lipinski definition) is 7. The Balaban J connectivity index is 1.34. The molecule has 1 N–H and O–H groups in total. The maximum Gasteiger partial charge on any atom is 0.305 e. The van der Waals surface area contributed by atoms with Crippen LogP contribution in [0.1, 0.15) is 47.8 Å². The largest absolute Gasteiger partial charge is 0.493 e. The maximum atomic E-state index is 12.0. The number of benzene rings is 1. The molecule has 9 nitrogen and oxygen atoms in total. The van der Waals surface area contributed by atoms with Crippen molar-refractivity contribution in [1.29, 1.82) is 0 Å². The minimum atomic E-state index is -3.50. The minimum absolute atomic E-state index is 0.0287. The van der Waals surface area contributed by atoms with Crippen LogP contribution < -0.4 is 4.74 Å². The first-order valence-corrected chi connectivity index (χ1v) is 14.1. The fourth-order valence-corrected chi connectivity index (χ4v) is 5.34. The van der Waals surface area contributed by atoms with E-state index in [0.29, 0.717) is 29.9 Å². The Bertz CT molecular complexity index is 1560. The van der Waals surface area contributed by atoms with E-state index in [1.807, 2.05) is 18.2 Å². The molecular weight excluding hydrogens is 492 g/mol. The van der Waals surface area contributed by atoms with E-state index in [-0.39, 0.29) is 11.3 Å². The topological polar surface area (TPSA) is 124 Å². The van der Waals surface area contributed by atoms with Gasteiger partial charge in [0.2, 0.25) is 0 Å². The van der Waals surface area contributed by atoms with Crippen molar-refractivity contribution in [2.75, 3.05) is 12.9 Å². The number of fused-ring (bicyclic) bond motifs is 2. The van der Waals surface area contributed by atoms with Crippen LogP contribution in [0.5, 0.6) is 5.75 Å². The number of nitrogens with zero attached hydrogens (tertiary/aromatic N) is 4. The molecule has 1 unspecified atom stereocenters. The van der Waals surface area contributed by atoms with E-state index in [1.165, 1.54) is 42.6 Å². The van der Waals surface area contributed by atoms with E-state index < -0.39 is 21.8 Å². The molecule has 0 fully saturated rings. The molecule has 3 aromatic heterocycles. The number of carboxylic acid groups (broad SMARTS) is 1. The molecule has 1 aromatic carbocycles. The summed E-state index contributed by atoms with van der Waals surface area (Å²) < 4.78 is 31.6. The lowest BCUT2D eigenvalue weighted by molar-refractivity contribution is -0.137. The van der Waals surface area contributed by atoms with Crippen molar-refractivity contribution in [3.63, 3.8) is 0 Å². The van der Waals surface area contributed by atoms with Crippen molar-refractivity contribution in [1.82, 2.24) is 19.7 Å². The average Bonchev–Trinajstić information content (AvgIpc) is 3.30. The zero-order valence-electron chi connectivity index (χ0n) is 20.5. The molecule has 0 saturated carbocycles. The van der Waals surface area contributed by atoms with Gasteiger partial charge in [-0.05, 0) is 67.1 Å². The normalized spacial score (nSPS) is 14.3. The number of carboxylic acids is 1. The van der Waals surface area contributed by atoms with E-state index >= 15 is 0 Å². The van der Waals surface area contributed by atoms with E-state index in [0.717, 1.165) is 30.2 Å². The van der Waals surface area contributed by atoms with Gasteiger partial charge < -0.3 is 9.84 Å². The van der Waals surface area contributed by atoms with Crippen LogP contribution in [-0.4, -0.2) is 52.1 Å². The second-order valence-corrected chi connectivity index (χ2v) is 11.4. The summed E-state index contributed by atoms with van der Waals surface area (Å²) in [6, 6.07) is 10.5. The molecule has 3 heterocycles. The lowest BCUT2D eigenvalue weighted by Crippen LogP contribution is -2.17. The average molecular weight is 521 g/mol. The molecule has 4 aromatic rings. The van der Waals surface area contributed by atoms with Crippen molar-refractivity contribution in [2.24, 2.45) is 0 Å². The second-order valence-electron chi connectivity index (χ2n) is 9.36. The molecule has 0 aliphatic heterocycles. The quantitative estimate of drug-likeness (QED) is 0.353. The van der Waals surface area contributed by atoms with E-state index in [4.69, 9.17) is 9.72 Å². The Labute approximate surface area is 215 Å². The standard InChI is InChI=1S/C27H28N4O5S/c1-37(34,35)23-13-20(15-28-17-23)26(14-27(32)33)31-25-9-8-22(12-19(25)16-29-31)36-11-10-21-7-6-18-4-2-3-5-24(18)30-21/h6-9,12-13,15-17,26H,2-5,10-11,14H2,1H3,(H,32,33). The summed E-state index contributed by atoms with van der Waals surface area (Å²) in [5.74, 6) is -0.352. The Morgan fingerprint density at radius 2 is 1.95 bits per heavy atom. The van der Waals surface area contributed by atoms with E-state index in [9.17, 15) is 18.3 Å². The third-order valence-corrected chi connectivity index (χ3v) is 7.72. The Morgan fingerprint density at radius 3 is 2.76 bits per heavy atom. The van der Waals surface area contributed by atoms with Gasteiger partial charge in [-0.25, -0.2) is 8.42 Å². The molecule has 0 saturated heterocycles. The lowest BCUT2D eigenvalue weighted by Gasteiger charge is -2.18. The molecule has 0 amide bonds. The van der Waals surface area contributed by atoms with Gasteiger partial charge in [0.15, 0.2) is 9.84 Å². The molecule has 37 heavy (non-hydrogen) atoms. The van der Waals surface area contributed by atoms with Gasteiger partial charge in [-0.1, -0.05) is 6.07 Å². The number of pyridine rings is 2. The highest BCUT2D eigenvalue weighted by Gasteiger charge is 2.23. The Hall–Kier alpha value is -3.79. The predicted molar refractivity (Wildman–Crippen MR) is 138 cm³/mol. The Morgan fingerprint density at radius 1 is 1.11 bits per heavy atom. The number of carbonyl (C=O) groups is 1. The van der Waals surface area contributed by atoms with Crippen molar-refractivity contribution in [3.05, 3.63) is 77.5 Å². The van der Waals surface area contributed by atoms with Crippen LogP contribution in [0.3, 0.4) is 0 Å². The molecule has 1 aliphatic rings. The van der Waals surface area contributed by atoms with Crippen LogP contribution in [0, 0.1) is 0 Å². The summed E-state index contributed by atoms with van der Waals surface area (Å²) in [4.78, 5) is 20.5. The maximum absolute atomic E-state index is 12.0. The van der Waals surface area contributed by atoms with Crippen LogP contribution in [0.4, 0.5) is 0 Å². The van der Waals surface area contributed by atoms with Gasteiger partial charge in [0, 0.05) is 41.8 Å². The summed E-state index contributed by atoms with van der Waals surface area (Å²) in [6.07, 6.45) is 10.5. The third-order valence-electron chi connectivity index (χ3n) is 6.64. The van der Waals surface area contributed by atoms with Gasteiger partial charge in [-0.2, -0.15) is 5.10 Å². The SMILES string of the molecule is CS(=O)(=O)c1cncc(C(CC(=O)O)n2ncc3cc(OCCc4ccc5c(n4)CCCC5)ccc32)c1. The van der Waals surface area contributed by atoms with E-state index in [1.54, 1.807) is 10.9 Å². The van der Waals surface area contributed by atoms with Crippen LogP contribution in [0.15, 0.2) is 59.9 Å². The summed E-state index contributed by atoms with van der Waals surface area (Å²) in [5, 5.41) is 14.8. The highest BCUT2D eigenvalue weighted by atomic mass is 32.2. The molecular formula is C27H28N4O5S. The van der Waals surface area contributed by atoms with Gasteiger partial charge in [0.1, 0.15) is 5.75 Å². The van der Waals surface area contributed by atoms with Crippen molar-refractivity contribution in [3.8, 4) is 5.75 Å². The molecule has 192 valence electrons.